The van der Waals surface area contributed by atoms with Crippen LogP contribution in [0.2, 0.25) is 0 Å². The molecule has 0 amide bonds. The minimum absolute atomic E-state index is 0.261. The van der Waals surface area contributed by atoms with Crippen LogP contribution in [0.15, 0.2) is 6.20 Å². The molecule has 1 saturated carbocycles. The Morgan fingerprint density at radius 1 is 1.71 bits per heavy atom. The largest absolute Gasteiger partial charge is 0.462 e. The maximum absolute atomic E-state index is 11.5. The number of carbonyl (C=O) groups excluding carboxylic acids is 1. The third kappa shape index (κ3) is 1.52. The lowest BCUT2D eigenvalue weighted by molar-refractivity contribution is 0.0524. The fourth-order valence-electron chi connectivity index (χ4n) is 1.67. The van der Waals surface area contributed by atoms with Gasteiger partial charge in [-0.3, -0.25) is 5.10 Å². The molecule has 0 atom stereocenters. The molecule has 1 aliphatic rings. The van der Waals surface area contributed by atoms with E-state index in [0.717, 1.165) is 18.5 Å². The van der Waals surface area contributed by atoms with E-state index in [1.807, 2.05) is 0 Å². The Hall–Kier alpha value is -1.32. The van der Waals surface area contributed by atoms with Crippen LogP contribution < -0.4 is 0 Å². The molecule has 14 heavy (non-hydrogen) atoms. The highest BCUT2D eigenvalue weighted by atomic mass is 16.5. The first-order valence-electron chi connectivity index (χ1n) is 5.03. The van der Waals surface area contributed by atoms with Gasteiger partial charge in [-0.1, -0.05) is 6.42 Å². The Morgan fingerprint density at radius 3 is 3.07 bits per heavy atom. The van der Waals surface area contributed by atoms with Gasteiger partial charge in [0, 0.05) is 12.1 Å². The number of aromatic nitrogens is 2. The van der Waals surface area contributed by atoms with Crippen LogP contribution >= 0.6 is 0 Å². The monoisotopic (exact) mass is 194 g/mol. The van der Waals surface area contributed by atoms with Crippen molar-refractivity contribution in [3.8, 4) is 0 Å². The van der Waals surface area contributed by atoms with Crippen LogP contribution in [0.3, 0.4) is 0 Å². The first-order chi connectivity index (χ1) is 6.83. The molecular weight excluding hydrogens is 180 g/mol. The minimum Gasteiger partial charge on any atom is -0.462 e. The molecule has 0 radical (unpaired) electrons. The lowest BCUT2D eigenvalue weighted by Crippen LogP contribution is -2.14. The molecule has 0 spiro atoms. The van der Waals surface area contributed by atoms with E-state index in [9.17, 15) is 4.79 Å². The molecule has 1 aliphatic carbocycles. The number of carbonyl (C=O) groups is 1. The van der Waals surface area contributed by atoms with Gasteiger partial charge < -0.3 is 4.74 Å². The zero-order valence-electron chi connectivity index (χ0n) is 8.25. The van der Waals surface area contributed by atoms with E-state index in [1.54, 1.807) is 13.1 Å². The molecule has 1 N–H and O–H groups in total. The summed E-state index contributed by atoms with van der Waals surface area (Å²) >= 11 is 0. The van der Waals surface area contributed by atoms with Crippen LogP contribution in [-0.4, -0.2) is 22.8 Å². The first kappa shape index (κ1) is 9.24. The molecule has 0 aliphatic heterocycles. The van der Waals surface area contributed by atoms with Gasteiger partial charge in [0.2, 0.25) is 0 Å². The lowest BCUT2D eigenvalue weighted by atomic mass is 9.81. The number of esters is 1. The Labute approximate surface area is 82.7 Å². The highest BCUT2D eigenvalue weighted by Crippen LogP contribution is 2.36. The van der Waals surface area contributed by atoms with Crippen molar-refractivity contribution in [2.45, 2.75) is 32.1 Å². The van der Waals surface area contributed by atoms with Gasteiger partial charge in [-0.25, -0.2) is 4.79 Å². The number of hydrogen-bond donors (Lipinski definition) is 1. The van der Waals surface area contributed by atoms with Gasteiger partial charge in [-0.15, -0.1) is 0 Å². The molecule has 0 unspecified atom stereocenters. The maximum Gasteiger partial charge on any atom is 0.341 e. The predicted octanol–water partition coefficient (Wildman–Crippen LogP) is 1.85. The molecule has 0 saturated heterocycles. The highest BCUT2D eigenvalue weighted by Gasteiger charge is 2.27. The number of nitrogens with zero attached hydrogens (tertiary/aromatic N) is 1. The van der Waals surface area contributed by atoms with Crippen LogP contribution in [0, 0.1) is 0 Å². The standard InChI is InChI=1S/C10H14N2O2/c1-2-14-10(13)8-6-11-12-9(8)7-4-3-5-7/h6-7H,2-5H2,1H3,(H,11,12). The number of nitrogens with one attached hydrogen (secondary N) is 1. The van der Waals surface area contributed by atoms with Gasteiger partial charge in [-0.05, 0) is 19.8 Å². The molecule has 0 bridgehead atoms. The summed E-state index contributed by atoms with van der Waals surface area (Å²) in [6, 6.07) is 0. The van der Waals surface area contributed by atoms with Crippen LogP contribution in [0.1, 0.15) is 48.2 Å². The summed E-state index contributed by atoms with van der Waals surface area (Å²) in [6.45, 7) is 2.22. The molecule has 2 rings (SSSR count). The highest BCUT2D eigenvalue weighted by molar-refractivity contribution is 5.90. The fraction of sp³-hybridized carbons (Fsp3) is 0.600. The number of H-pyrrole nitrogens is 1. The number of rotatable bonds is 3. The predicted molar refractivity (Wildman–Crippen MR) is 51.1 cm³/mol. The average molecular weight is 194 g/mol. The van der Waals surface area contributed by atoms with Crippen molar-refractivity contribution < 1.29 is 9.53 Å². The summed E-state index contributed by atoms with van der Waals surface area (Å²) in [7, 11) is 0. The molecule has 1 aromatic rings. The summed E-state index contributed by atoms with van der Waals surface area (Å²) in [5.41, 5.74) is 1.49. The molecule has 1 heterocycles. The Balaban J connectivity index is 2.16. The van der Waals surface area contributed by atoms with E-state index >= 15 is 0 Å². The summed E-state index contributed by atoms with van der Waals surface area (Å²) in [5, 5.41) is 6.85. The van der Waals surface area contributed by atoms with Crippen LogP contribution in [0.5, 0.6) is 0 Å². The number of ether oxygens (including phenoxy) is 1. The SMILES string of the molecule is CCOC(=O)c1c[nH]nc1C1CCC1. The number of aromatic amines is 1. The van der Waals surface area contributed by atoms with Crippen LogP contribution in [-0.2, 0) is 4.74 Å². The zero-order valence-corrected chi connectivity index (χ0v) is 8.25. The van der Waals surface area contributed by atoms with Gasteiger partial charge in [-0.2, -0.15) is 5.10 Å². The Kier molecular flexibility index (Phi) is 2.52. The molecule has 1 fully saturated rings. The Morgan fingerprint density at radius 2 is 2.50 bits per heavy atom. The molecule has 4 heteroatoms. The second-order valence-corrected chi connectivity index (χ2v) is 3.53. The van der Waals surface area contributed by atoms with Crippen LogP contribution in [0.4, 0.5) is 0 Å². The second-order valence-electron chi connectivity index (χ2n) is 3.53. The summed E-state index contributed by atoms with van der Waals surface area (Å²) in [6.07, 6.45) is 5.14. The van der Waals surface area contributed by atoms with E-state index in [1.165, 1.54) is 6.42 Å². The fourth-order valence-corrected chi connectivity index (χ4v) is 1.67. The minimum atomic E-state index is -0.261. The smallest absolute Gasteiger partial charge is 0.341 e. The van der Waals surface area contributed by atoms with E-state index in [-0.39, 0.29) is 5.97 Å². The molecular formula is C10H14N2O2. The van der Waals surface area contributed by atoms with Crippen molar-refractivity contribution in [1.82, 2.24) is 10.2 Å². The molecule has 1 aromatic heterocycles. The van der Waals surface area contributed by atoms with E-state index in [4.69, 9.17) is 4.74 Å². The maximum atomic E-state index is 11.5. The van der Waals surface area contributed by atoms with E-state index < -0.39 is 0 Å². The van der Waals surface area contributed by atoms with Crippen molar-refractivity contribution in [3.63, 3.8) is 0 Å². The summed E-state index contributed by atoms with van der Waals surface area (Å²) in [4.78, 5) is 11.5. The summed E-state index contributed by atoms with van der Waals surface area (Å²) in [5.74, 6) is 0.198. The third-order valence-electron chi connectivity index (χ3n) is 2.66. The van der Waals surface area contributed by atoms with Gasteiger partial charge in [0.15, 0.2) is 0 Å². The van der Waals surface area contributed by atoms with E-state index in [2.05, 4.69) is 10.2 Å². The lowest BCUT2D eigenvalue weighted by Gasteiger charge is -2.23. The Bertz CT molecular complexity index is 329. The van der Waals surface area contributed by atoms with Crippen molar-refractivity contribution in [1.29, 1.82) is 0 Å². The number of hydrogen-bond acceptors (Lipinski definition) is 3. The van der Waals surface area contributed by atoms with Gasteiger partial charge in [0.25, 0.3) is 0 Å². The van der Waals surface area contributed by atoms with Crippen molar-refractivity contribution in [2.75, 3.05) is 6.61 Å². The van der Waals surface area contributed by atoms with Crippen molar-refractivity contribution in [2.24, 2.45) is 0 Å². The van der Waals surface area contributed by atoms with Crippen LogP contribution in [0.25, 0.3) is 0 Å². The quantitative estimate of drug-likeness (QED) is 0.747. The second kappa shape index (κ2) is 3.82. The topological polar surface area (TPSA) is 55.0 Å². The first-order valence-corrected chi connectivity index (χ1v) is 5.03. The van der Waals surface area contributed by atoms with Gasteiger partial charge in [0.05, 0.1) is 12.3 Å². The van der Waals surface area contributed by atoms with Crippen molar-refractivity contribution in [3.05, 3.63) is 17.5 Å². The average Bonchev–Trinajstić information content (AvgIpc) is 2.50. The summed E-state index contributed by atoms with van der Waals surface area (Å²) < 4.78 is 4.95. The van der Waals surface area contributed by atoms with Crippen molar-refractivity contribution >= 4 is 5.97 Å². The normalized spacial score (nSPS) is 16.4. The van der Waals surface area contributed by atoms with Gasteiger partial charge >= 0.3 is 5.97 Å². The third-order valence-corrected chi connectivity index (χ3v) is 2.66. The van der Waals surface area contributed by atoms with E-state index in [0.29, 0.717) is 18.1 Å². The zero-order chi connectivity index (χ0) is 9.97. The molecule has 0 aromatic carbocycles. The van der Waals surface area contributed by atoms with Gasteiger partial charge in [0.1, 0.15) is 5.56 Å². The molecule has 4 nitrogen and oxygen atoms in total. The molecule has 76 valence electrons.